The molecule has 3 rings (SSSR count). The van der Waals surface area contributed by atoms with E-state index in [1.165, 1.54) is 0 Å². The van der Waals surface area contributed by atoms with Crippen LogP contribution >= 0.6 is 0 Å². The summed E-state index contributed by atoms with van der Waals surface area (Å²) in [4.78, 5) is 36.9. The van der Waals surface area contributed by atoms with Gasteiger partial charge in [0.2, 0.25) is 0 Å². The Morgan fingerprint density at radius 3 is 2.63 bits per heavy atom. The molecule has 0 radical (unpaired) electrons. The van der Waals surface area contributed by atoms with E-state index in [4.69, 9.17) is 9.47 Å². The number of allylic oxidation sites excluding steroid dienone is 1. The number of esters is 2. The normalized spacial score (nSPS) is 37.6. The highest BCUT2D eigenvalue weighted by Gasteiger charge is 2.46. The Bertz CT molecular complexity index is 698. The number of rotatable bonds is 6. The maximum Gasteiger partial charge on any atom is 0.308 e. The SMILES string of the molecule is CCC(C)C(=O)OC1CC(C)CC2=CC(=O)C(C)C(CCC3CC(O)CC(=O)O3)C21. The van der Waals surface area contributed by atoms with Gasteiger partial charge in [0.15, 0.2) is 5.78 Å². The van der Waals surface area contributed by atoms with Crippen molar-refractivity contribution in [3.8, 4) is 0 Å². The van der Waals surface area contributed by atoms with Gasteiger partial charge in [-0.2, -0.15) is 0 Å². The molecule has 1 aliphatic heterocycles. The van der Waals surface area contributed by atoms with E-state index in [-0.39, 0.29) is 60.0 Å². The summed E-state index contributed by atoms with van der Waals surface area (Å²) >= 11 is 0. The average Bonchev–Trinajstić information content (AvgIpc) is 2.67. The first kappa shape index (κ1) is 23.0. The molecule has 30 heavy (non-hydrogen) atoms. The summed E-state index contributed by atoms with van der Waals surface area (Å²) in [5.41, 5.74) is 1.10. The van der Waals surface area contributed by atoms with Gasteiger partial charge in [-0.3, -0.25) is 14.4 Å². The zero-order chi connectivity index (χ0) is 22.0. The molecule has 1 heterocycles. The Labute approximate surface area is 179 Å². The molecular formula is C24H36O6. The minimum Gasteiger partial charge on any atom is -0.462 e. The summed E-state index contributed by atoms with van der Waals surface area (Å²) in [6.45, 7) is 7.96. The Balaban J connectivity index is 1.78. The zero-order valence-corrected chi connectivity index (χ0v) is 18.6. The van der Waals surface area contributed by atoms with Crippen LogP contribution in [0.5, 0.6) is 0 Å². The lowest BCUT2D eigenvalue weighted by Gasteiger charge is -2.45. The van der Waals surface area contributed by atoms with E-state index in [2.05, 4.69) is 6.92 Å². The Hall–Kier alpha value is -1.69. The van der Waals surface area contributed by atoms with Gasteiger partial charge >= 0.3 is 11.9 Å². The first-order valence-electron chi connectivity index (χ1n) is 11.5. The molecule has 0 aromatic rings. The number of fused-ring (bicyclic) bond motifs is 1. The van der Waals surface area contributed by atoms with Crippen LogP contribution in [-0.2, 0) is 23.9 Å². The summed E-state index contributed by atoms with van der Waals surface area (Å²) in [7, 11) is 0. The topological polar surface area (TPSA) is 89.9 Å². The number of cyclic esters (lactones) is 1. The van der Waals surface area contributed by atoms with Crippen LogP contribution in [0.2, 0.25) is 0 Å². The third-order valence-electron chi connectivity index (χ3n) is 7.27. The molecule has 0 aromatic heterocycles. The molecule has 1 N–H and O–H groups in total. The van der Waals surface area contributed by atoms with Crippen LogP contribution in [0, 0.1) is 29.6 Å². The summed E-state index contributed by atoms with van der Waals surface area (Å²) in [5.74, 6) is -0.266. The molecular weight excluding hydrogens is 384 g/mol. The molecule has 2 fully saturated rings. The number of aliphatic hydroxyl groups is 1. The molecule has 3 aliphatic rings. The first-order chi connectivity index (χ1) is 14.2. The van der Waals surface area contributed by atoms with Gasteiger partial charge in [-0.15, -0.1) is 0 Å². The highest BCUT2D eigenvalue weighted by molar-refractivity contribution is 5.93. The quantitative estimate of drug-likeness (QED) is 0.661. The minimum absolute atomic E-state index is 0.0334. The third-order valence-corrected chi connectivity index (χ3v) is 7.27. The van der Waals surface area contributed by atoms with Gasteiger partial charge in [-0.25, -0.2) is 0 Å². The van der Waals surface area contributed by atoms with Crippen molar-refractivity contribution < 1.29 is 29.0 Å². The molecule has 6 heteroatoms. The van der Waals surface area contributed by atoms with Crippen molar-refractivity contribution in [1.82, 2.24) is 0 Å². The predicted octanol–water partition coefficient (Wildman–Crippen LogP) is 3.60. The lowest BCUT2D eigenvalue weighted by atomic mass is 9.62. The largest absolute Gasteiger partial charge is 0.462 e. The van der Waals surface area contributed by atoms with Crippen molar-refractivity contribution >= 4 is 17.7 Å². The van der Waals surface area contributed by atoms with E-state index in [9.17, 15) is 19.5 Å². The molecule has 1 saturated carbocycles. The predicted molar refractivity (Wildman–Crippen MR) is 111 cm³/mol. The summed E-state index contributed by atoms with van der Waals surface area (Å²) in [6.07, 6.45) is 4.79. The van der Waals surface area contributed by atoms with Crippen LogP contribution in [0.4, 0.5) is 0 Å². The van der Waals surface area contributed by atoms with Crippen molar-refractivity contribution in [3.63, 3.8) is 0 Å². The lowest BCUT2D eigenvalue weighted by Crippen LogP contribution is -2.45. The standard InChI is InChI=1S/C24H36O6/c1-5-14(3)24(28)30-21-9-13(2)8-16-10-20(26)15(4)19(23(16)21)7-6-18-11-17(25)12-22(27)29-18/h10,13-15,17-19,21,23,25H,5-9,11-12H2,1-4H3. The number of ketones is 1. The fourth-order valence-corrected chi connectivity index (χ4v) is 5.35. The van der Waals surface area contributed by atoms with Gasteiger partial charge in [0.05, 0.1) is 18.4 Å². The molecule has 0 bridgehead atoms. The first-order valence-corrected chi connectivity index (χ1v) is 11.5. The molecule has 6 nitrogen and oxygen atoms in total. The van der Waals surface area contributed by atoms with Crippen LogP contribution in [0.3, 0.4) is 0 Å². The molecule has 0 aromatic carbocycles. The average molecular weight is 421 g/mol. The smallest absolute Gasteiger partial charge is 0.308 e. The Morgan fingerprint density at radius 2 is 1.97 bits per heavy atom. The van der Waals surface area contributed by atoms with Gasteiger partial charge in [-0.1, -0.05) is 33.3 Å². The number of carbonyl (C=O) groups is 3. The monoisotopic (exact) mass is 420 g/mol. The van der Waals surface area contributed by atoms with Gasteiger partial charge in [0.25, 0.3) is 0 Å². The van der Waals surface area contributed by atoms with Crippen LogP contribution in [0.1, 0.15) is 72.6 Å². The maximum atomic E-state index is 12.7. The molecule has 8 unspecified atom stereocenters. The van der Waals surface area contributed by atoms with Gasteiger partial charge in [0.1, 0.15) is 12.2 Å². The number of hydrogen-bond donors (Lipinski definition) is 1. The minimum atomic E-state index is -0.656. The van der Waals surface area contributed by atoms with Crippen molar-refractivity contribution in [3.05, 3.63) is 11.6 Å². The fraction of sp³-hybridized carbons (Fsp3) is 0.792. The Kier molecular flexibility index (Phi) is 7.38. The van der Waals surface area contributed by atoms with Crippen molar-refractivity contribution in [1.29, 1.82) is 0 Å². The van der Waals surface area contributed by atoms with Crippen molar-refractivity contribution in [2.24, 2.45) is 29.6 Å². The molecule has 8 atom stereocenters. The van der Waals surface area contributed by atoms with E-state index in [0.29, 0.717) is 25.2 Å². The second-order valence-electron chi connectivity index (χ2n) is 9.71. The molecule has 0 amide bonds. The second kappa shape index (κ2) is 9.63. The molecule has 0 spiro atoms. The van der Waals surface area contributed by atoms with Crippen molar-refractivity contribution in [2.75, 3.05) is 0 Å². The molecule has 168 valence electrons. The van der Waals surface area contributed by atoms with Crippen molar-refractivity contribution in [2.45, 2.75) is 91.0 Å². The van der Waals surface area contributed by atoms with E-state index < -0.39 is 6.10 Å². The highest BCUT2D eigenvalue weighted by atomic mass is 16.5. The number of aliphatic hydroxyl groups excluding tert-OH is 1. The van der Waals surface area contributed by atoms with Crippen LogP contribution < -0.4 is 0 Å². The van der Waals surface area contributed by atoms with Crippen LogP contribution in [0.25, 0.3) is 0 Å². The fourth-order valence-electron chi connectivity index (χ4n) is 5.35. The number of ether oxygens (including phenoxy) is 2. The maximum absolute atomic E-state index is 12.7. The zero-order valence-electron chi connectivity index (χ0n) is 18.6. The van der Waals surface area contributed by atoms with Gasteiger partial charge < -0.3 is 14.6 Å². The number of hydrogen-bond acceptors (Lipinski definition) is 6. The van der Waals surface area contributed by atoms with Gasteiger partial charge in [0, 0.05) is 18.3 Å². The third kappa shape index (κ3) is 5.13. The number of carbonyl (C=O) groups excluding carboxylic acids is 3. The van der Waals surface area contributed by atoms with Gasteiger partial charge in [-0.05, 0) is 50.0 Å². The van der Waals surface area contributed by atoms with Crippen LogP contribution in [-0.4, -0.2) is 41.1 Å². The molecule has 2 aliphatic carbocycles. The second-order valence-corrected chi connectivity index (χ2v) is 9.71. The van der Waals surface area contributed by atoms with E-state index in [0.717, 1.165) is 24.8 Å². The van der Waals surface area contributed by atoms with Crippen LogP contribution in [0.15, 0.2) is 11.6 Å². The Morgan fingerprint density at radius 1 is 1.23 bits per heavy atom. The molecule has 1 saturated heterocycles. The summed E-state index contributed by atoms with van der Waals surface area (Å²) < 4.78 is 11.4. The van der Waals surface area contributed by atoms with E-state index in [1.807, 2.05) is 20.8 Å². The lowest BCUT2D eigenvalue weighted by molar-refractivity contribution is -0.163. The summed E-state index contributed by atoms with van der Waals surface area (Å²) in [6, 6.07) is 0. The highest BCUT2D eigenvalue weighted by Crippen LogP contribution is 2.47. The summed E-state index contributed by atoms with van der Waals surface area (Å²) in [5, 5.41) is 9.89. The van der Waals surface area contributed by atoms with E-state index in [1.54, 1.807) is 6.08 Å². The van der Waals surface area contributed by atoms with E-state index >= 15 is 0 Å².